The Hall–Kier alpha value is -2.42. The predicted octanol–water partition coefficient (Wildman–Crippen LogP) is 2.07. The van der Waals surface area contributed by atoms with Gasteiger partial charge >= 0.3 is 0 Å². The van der Waals surface area contributed by atoms with Gasteiger partial charge in [-0.1, -0.05) is 18.2 Å². The minimum Gasteiger partial charge on any atom is -0.379 e. The lowest BCUT2D eigenvalue weighted by molar-refractivity contribution is -0.114. The fourth-order valence-corrected chi connectivity index (χ4v) is 4.27. The van der Waals surface area contributed by atoms with Gasteiger partial charge in [-0.2, -0.15) is 4.31 Å². The number of morpholine rings is 1. The average molecular weight is 389 g/mol. The molecule has 0 saturated carbocycles. The van der Waals surface area contributed by atoms with Crippen molar-refractivity contribution in [3.05, 3.63) is 54.1 Å². The Bertz CT molecular complexity index is 909. The van der Waals surface area contributed by atoms with E-state index in [0.29, 0.717) is 32.0 Å². The lowest BCUT2D eigenvalue weighted by Crippen LogP contribution is -2.40. The van der Waals surface area contributed by atoms with Crippen molar-refractivity contribution in [3.8, 4) is 0 Å². The van der Waals surface area contributed by atoms with E-state index in [1.54, 1.807) is 24.3 Å². The van der Waals surface area contributed by atoms with Crippen molar-refractivity contribution in [1.29, 1.82) is 0 Å². The standard InChI is InChI=1S/C19H23N3O4S/c1-15-4-2-6-17(12-15)21-19(23)14-20-16-5-3-7-18(13-16)27(24,25)22-8-10-26-11-9-22/h2-7,12-13,20H,8-11,14H2,1H3,(H,21,23). The van der Waals surface area contributed by atoms with Crippen LogP contribution in [0.3, 0.4) is 0 Å². The van der Waals surface area contributed by atoms with Gasteiger partial charge in [0.25, 0.3) is 0 Å². The quantitative estimate of drug-likeness (QED) is 0.790. The topological polar surface area (TPSA) is 87.7 Å². The molecule has 2 aromatic rings. The number of rotatable bonds is 6. The van der Waals surface area contributed by atoms with E-state index in [-0.39, 0.29) is 17.3 Å². The first-order valence-corrected chi connectivity index (χ1v) is 10.2. The van der Waals surface area contributed by atoms with E-state index in [9.17, 15) is 13.2 Å². The lowest BCUT2D eigenvalue weighted by atomic mass is 10.2. The van der Waals surface area contributed by atoms with Crippen molar-refractivity contribution >= 4 is 27.3 Å². The molecule has 1 saturated heterocycles. The Kier molecular flexibility index (Phi) is 6.10. The number of aryl methyl sites for hydroxylation is 1. The number of benzene rings is 2. The second-order valence-corrected chi connectivity index (χ2v) is 8.25. The summed E-state index contributed by atoms with van der Waals surface area (Å²) in [4.78, 5) is 12.3. The van der Waals surface area contributed by atoms with Crippen LogP contribution in [-0.2, 0) is 19.6 Å². The van der Waals surface area contributed by atoms with E-state index >= 15 is 0 Å². The number of ether oxygens (including phenoxy) is 1. The van der Waals surface area contributed by atoms with Crippen LogP contribution in [0.1, 0.15) is 5.56 Å². The maximum atomic E-state index is 12.7. The van der Waals surface area contributed by atoms with Gasteiger partial charge in [-0.15, -0.1) is 0 Å². The predicted molar refractivity (Wildman–Crippen MR) is 104 cm³/mol. The molecule has 1 aliphatic heterocycles. The van der Waals surface area contributed by atoms with Crippen LogP contribution < -0.4 is 10.6 Å². The molecule has 2 N–H and O–H groups in total. The second kappa shape index (κ2) is 8.51. The Morgan fingerprint density at radius 1 is 1.07 bits per heavy atom. The highest BCUT2D eigenvalue weighted by Gasteiger charge is 2.26. The molecule has 27 heavy (non-hydrogen) atoms. The molecule has 1 heterocycles. The molecule has 0 aromatic heterocycles. The highest BCUT2D eigenvalue weighted by molar-refractivity contribution is 7.89. The molecule has 0 spiro atoms. The zero-order valence-electron chi connectivity index (χ0n) is 15.1. The van der Waals surface area contributed by atoms with Crippen molar-refractivity contribution in [2.24, 2.45) is 0 Å². The van der Waals surface area contributed by atoms with Crippen LogP contribution in [0.4, 0.5) is 11.4 Å². The number of hydrogen-bond acceptors (Lipinski definition) is 5. The van der Waals surface area contributed by atoms with E-state index in [2.05, 4.69) is 10.6 Å². The largest absolute Gasteiger partial charge is 0.379 e. The first-order valence-electron chi connectivity index (χ1n) is 8.73. The highest BCUT2D eigenvalue weighted by atomic mass is 32.2. The summed E-state index contributed by atoms with van der Waals surface area (Å²) in [5, 5.41) is 5.78. The van der Waals surface area contributed by atoms with E-state index in [4.69, 9.17) is 4.74 Å². The van der Waals surface area contributed by atoms with Gasteiger partial charge < -0.3 is 15.4 Å². The van der Waals surface area contributed by atoms with Crippen LogP contribution >= 0.6 is 0 Å². The summed E-state index contributed by atoms with van der Waals surface area (Å²) >= 11 is 0. The maximum absolute atomic E-state index is 12.7. The molecule has 3 rings (SSSR count). The van der Waals surface area contributed by atoms with E-state index in [1.807, 2.05) is 31.2 Å². The summed E-state index contributed by atoms with van der Waals surface area (Å²) in [5.74, 6) is -0.206. The summed E-state index contributed by atoms with van der Waals surface area (Å²) in [6.07, 6.45) is 0. The SMILES string of the molecule is Cc1cccc(NC(=O)CNc2cccc(S(=O)(=O)N3CCOCC3)c2)c1. The summed E-state index contributed by atoms with van der Waals surface area (Å²) in [7, 11) is -3.56. The number of anilines is 2. The van der Waals surface area contributed by atoms with Gasteiger partial charge in [0.15, 0.2) is 0 Å². The fourth-order valence-electron chi connectivity index (χ4n) is 2.81. The van der Waals surface area contributed by atoms with Gasteiger partial charge in [-0.25, -0.2) is 8.42 Å². The zero-order valence-corrected chi connectivity index (χ0v) is 16.0. The van der Waals surface area contributed by atoms with Gasteiger partial charge in [0, 0.05) is 24.5 Å². The average Bonchev–Trinajstić information content (AvgIpc) is 2.67. The molecular weight excluding hydrogens is 366 g/mol. The molecule has 0 radical (unpaired) electrons. The number of carbonyl (C=O) groups excluding carboxylic acids is 1. The Labute approximate surface area is 159 Å². The third kappa shape index (κ3) is 5.06. The van der Waals surface area contributed by atoms with Crippen molar-refractivity contribution < 1.29 is 17.9 Å². The highest BCUT2D eigenvalue weighted by Crippen LogP contribution is 2.20. The minimum atomic E-state index is -3.56. The number of amides is 1. The van der Waals surface area contributed by atoms with Crippen LogP contribution in [-0.4, -0.2) is 51.5 Å². The zero-order chi connectivity index (χ0) is 19.3. The van der Waals surface area contributed by atoms with Gasteiger partial charge in [-0.05, 0) is 42.8 Å². The van der Waals surface area contributed by atoms with Crippen LogP contribution in [0.2, 0.25) is 0 Å². The summed E-state index contributed by atoms with van der Waals surface area (Å²) in [5.41, 5.74) is 2.36. The molecule has 0 bridgehead atoms. The van der Waals surface area contributed by atoms with Crippen LogP contribution in [0, 0.1) is 6.92 Å². The Morgan fingerprint density at radius 3 is 2.52 bits per heavy atom. The first kappa shape index (κ1) is 19.3. The van der Waals surface area contributed by atoms with Gasteiger partial charge in [-0.3, -0.25) is 4.79 Å². The third-order valence-electron chi connectivity index (χ3n) is 4.20. The molecule has 1 amide bonds. The van der Waals surface area contributed by atoms with Gasteiger partial charge in [0.2, 0.25) is 15.9 Å². The molecule has 7 nitrogen and oxygen atoms in total. The molecule has 0 aliphatic carbocycles. The van der Waals surface area contributed by atoms with Crippen LogP contribution in [0.25, 0.3) is 0 Å². The van der Waals surface area contributed by atoms with Crippen LogP contribution in [0.15, 0.2) is 53.4 Å². The molecule has 8 heteroatoms. The number of carbonyl (C=O) groups is 1. The van der Waals surface area contributed by atoms with Gasteiger partial charge in [0.05, 0.1) is 24.7 Å². The molecule has 1 fully saturated rings. The fraction of sp³-hybridized carbons (Fsp3) is 0.316. The molecule has 0 atom stereocenters. The number of sulfonamides is 1. The third-order valence-corrected chi connectivity index (χ3v) is 6.09. The van der Waals surface area contributed by atoms with E-state index in [1.165, 1.54) is 4.31 Å². The summed E-state index contributed by atoms with van der Waals surface area (Å²) in [6, 6.07) is 14.0. The normalized spacial score (nSPS) is 15.3. The Balaban J connectivity index is 1.63. The lowest BCUT2D eigenvalue weighted by Gasteiger charge is -2.26. The number of nitrogens with one attached hydrogen (secondary N) is 2. The first-order chi connectivity index (χ1) is 12.9. The van der Waals surface area contributed by atoms with Crippen molar-refractivity contribution in [2.75, 3.05) is 43.5 Å². The summed E-state index contributed by atoms with van der Waals surface area (Å²) < 4.78 is 32.1. The molecule has 0 unspecified atom stereocenters. The van der Waals surface area contributed by atoms with Crippen LogP contribution in [0.5, 0.6) is 0 Å². The summed E-state index contributed by atoms with van der Waals surface area (Å²) in [6.45, 7) is 3.48. The monoisotopic (exact) mass is 389 g/mol. The van der Waals surface area contributed by atoms with Gasteiger partial charge in [0.1, 0.15) is 0 Å². The smallest absolute Gasteiger partial charge is 0.243 e. The number of hydrogen-bond donors (Lipinski definition) is 2. The van der Waals surface area contributed by atoms with E-state index < -0.39 is 10.0 Å². The molecule has 1 aliphatic rings. The Morgan fingerprint density at radius 2 is 1.78 bits per heavy atom. The molecule has 144 valence electrons. The minimum absolute atomic E-state index is 0.0367. The molecular formula is C19H23N3O4S. The molecule has 2 aromatic carbocycles. The van der Waals surface area contributed by atoms with Crippen molar-refractivity contribution in [1.82, 2.24) is 4.31 Å². The maximum Gasteiger partial charge on any atom is 0.243 e. The van der Waals surface area contributed by atoms with Crippen molar-refractivity contribution in [3.63, 3.8) is 0 Å². The number of nitrogens with zero attached hydrogens (tertiary/aromatic N) is 1. The van der Waals surface area contributed by atoms with Crippen molar-refractivity contribution in [2.45, 2.75) is 11.8 Å². The van der Waals surface area contributed by atoms with E-state index in [0.717, 1.165) is 11.3 Å². The second-order valence-electron chi connectivity index (χ2n) is 6.32.